The van der Waals surface area contributed by atoms with Crippen molar-refractivity contribution in [2.75, 3.05) is 20.6 Å². The molecule has 0 saturated heterocycles. The number of anilines is 3. The lowest BCUT2D eigenvalue weighted by atomic mass is 10.1. The minimum absolute atomic E-state index is 0.00170. The second-order valence-electron chi connectivity index (χ2n) is 9.33. The van der Waals surface area contributed by atoms with Crippen molar-refractivity contribution < 1.29 is 26.0 Å². The largest absolute Gasteiger partial charge is 0.322 e. The molecular weight excluding hydrogens is 553 g/mol. The Labute approximate surface area is 233 Å². The zero-order valence-corrected chi connectivity index (χ0v) is 23.7. The number of rotatable bonds is 9. The molecule has 0 atom stereocenters. The summed E-state index contributed by atoms with van der Waals surface area (Å²) in [5.41, 5.74) is 4.06. The zero-order chi connectivity index (χ0) is 29.1. The quantitative estimate of drug-likeness (QED) is 0.273. The van der Waals surface area contributed by atoms with Crippen LogP contribution in [0.5, 0.6) is 0 Å². The molecule has 11 heteroatoms. The molecule has 4 rings (SSSR count). The van der Waals surface area contributed by atoms with Crippen LogP contribution in [0.25, 0.3) is 0 Å². The molecule has 0 unspecified atom stereocenters. The van der Waals surface area contributed by atoms with E-state index in [1.54, 1.807) is 12.1 Å². The first-order chi connectivity index (χ1) is 18.8. The number of benzene rings is 4. The first-order valence-corrected chi connectivity index (χ1v) is 15.5. The topological polar surface area (TPSA) is 113 Å². The highest BCUT2D eigenvalue weighted by Gasteiger charge is 2.19. The zero-order valence-electron chi connectivity index (χ0n) is 22.1. The average Bonchev–Trinajstić information content (AvgIpc) is 2.90. The number of hydrogen-bond acceptors (Lipinski definition) is 5. The highest BCUT2D eigenvalue weighted by molar-refractivity contribution is 7.92. The summed E-state index contributed by atoms with van der Waals surface area (Å²) in [5.74, 6) is -0.880. The van der Waals surface area contributed by atoms with E-state index in [0.717, 1.165) is 21.7 Å². The maximum absolute atomic E-state index is 13.2. The summed E-state index contributed by atoms with van der Waals surface area (Å²) in [6.45, 7) is 3.83. The van der Waals surface area contributed by atoms with Crippen LogP contribution >= 0.6 is 0 Å². The van der Waals surface area contributed by atoms with Crippen LogP contribution in [-0.2, 0) is 26.6 Å². The number of halogens is 1. The summed E-state index contributed by atoms with van der Waals surface area (Å²) in [7, 11) is -7.49. The Hall–Kier alpha value is -4.22. The lowest BCUT2D eigenvalue weighted by Crippen LogP contribution is -2.29. The summed E-state index contributed by atoms with van der Waals surface area (Å²) >= 11 is 0. The fourth-order valence-corrected chi connectivity index (χ4v) is 5.81. The van der Waals surface area contributed by atoms with E-state index in [2.05, 4.69) is 10.0 Å². The lowest BCUT2D eigenvalue weighted by molar-refractivity contribution is 0.102. The lowest BCUT2D eigenvalue weighted by Gasteiger charge is -2.22. The minimum atomic E-state index is -3.83. The monoisotopic (exact) mass is 581 g/mol. The van der Waals surface area contributed by atoms with Gasteiger partial charge in [0.2, 0.25) is 10.0 Å². The van der Waals surface area contributed by atoms with Crippen LogP contribution in [-0.4, -0.2) is 29.0 Å². The van der Waals surface area contributed by atoms with E-state index in [0.29, 0.717) is 22.6 Å². The van der Waals surface area contributed by atoms with Gasteiger partial charge in [0.1, 0.15) is 5.82 Å². The molecule has 40 heavy (non-hydrogen) atoms. The second kappa shape index (κ2) is 11.5. The van der Waals surface area contributed by atoms with Crippen molar-refractivity contribution in [3.63, 3.8) is 0 Å². The standard InChI is InChI=1S/C29H28FN3O5S2/c1-20-4-11-26(18-21(20)2)32-40(37,38)28-16-12-25(13-17-28)31-29(34)23-7-14-27(15-8-23)33(39(3,35)36)19-22-5-9-24(30)10-6-22/h4-18,32H,19H2,1-3H3,(H,31,34). The molecule has 4 aromatic carbocycles. The van der Waals surface area contributed by atoms with Gasteiger partial charge in [0, 0.05) is 16.9 Å². The number of carbonyl (C=O) groups excluding carboxylic acids is 1. The van der Waals surface area contributed by atoms with Gasteiger partial charge in [-0.2, -0.15) is 0 Å². The highest BCUT2D eigenvalue weighted by Crippen LogP contribution is 2.23. The van der Waals surface area contributed by atoms with Crippen LogP contribution in [0.4, 0.5) is 21.5 Å². The van der Waals surface area contributed by atoms with E-state index in [-0.39, 0.29) is 17.0 Å². The molecule has 8 nitrogen and oxygen atoms in total. The molecule has 1 amide bonds. The normalized spacial score (nSPS) is 11.6. The van der Waals surface area contributed by atoms with Crippen LogP contribution in [0.15, 0.2) is 95.9 Å². The number of sulfonamides is 2. The molecule has 0 spiro atoms. The Morgan fingerprint density at radius 3 is 1.95 bits per heavy atom. The molecule has 0 fully saturated rings. The Morgan fingerprint density at radius 1 is 0.775 bits per heavy atom. The average molecular weight is 582 g/mol. The smallest absolute Gasteiger partial charge is 0.261 e. The van der Waals surface area contributed by atoms with Crippen LogP contribution in [0.2, 0.25) is 0 Å². The van der Waals surface area contributed by atoms with Gasteiger partial charge in [0.25, 0.3) is 15.9 Å². The van der Waals surface area contributed by atoms with Crippen LogP contribution < -0.4 is 14.3 Å². The molecular formula is C29H28FN3O5S2. The number of nitrogens with zero attached hydrogens (tertiary/aromatic N) is 1. The van der Waals surface area contributed by atoms with E-state index >= 15 is 0 Å². The van der Waals surface area contributed by atoms with Crippen LogP contribution in [0, 0.1) is 19.7 Å². The molecule has 0 saturated carbocycles. The summed E-state index contributed by atoms with van der Waals surface area (Å²) < 4.78 is 67.3. The molecule has 0 heterocycles. The van der Waals surface area contributed by atoms with Gasteiger partial charge >= 0.3 is 0 Å². The van der Waals surface area contributed by atoms with Crippen molar-refractivity contribution in [3.05, 3.63) is 119 Å². The van der Waals surface area contributed by atoms with Gasteiger partial charge in [-0.15, -0.1) is 0 Å². The number of aryl methyl sites for hydroxylation is 2. The summed E-state index contributed by atoms with van der Waals surface area (Å²) in [5, 5.41) is 2.70. The SMILES string of the molecule is Cc1ccc(NS(=O)(=O)c2ccc(NC(=O)c3ccc(N(Cc4ccc(F)cc4)S(C)(=O)=O)cc3)cc2)cc1C. The first kappa shape index (κ1) is 28.8. The van der Waals surface area contributed by atoms with Gasteiger partial charge in [-0.1, -0.05) is 18.2 Å². The Morgan fingerprint density at radius 2 is 1.38 bits per heavy atom. The van der Waals surface area contributed by atoms with E-state index < -0.39 is 31.8 Å². The summed E-state index contributed by atoms with van der Waals surface area (Å²) in [6, 6.07) is 22.5. The minimum Gasteiger partial charge on any atom is -0.322 e. The maximum atomic E-state index is 13.2. The number of carbonyl (C=O) groups is 1. The third-order valence-corrected chi connectivity index (χ3v) is 8.78. The Balaban J connectivity index is 1.44. The van der Waals surface area contributed by atoms with Crippen molar-refractivity contribution in [3.8, 4) is 0 Å². The summed E-state index contributed by atoms with van der Waals surface area (Å²) in [6.07, 6.45) is 1.07. The third-order valence-electron chi connectivity index (χ3n) is 6.24. The molecule has 2 N–H and O–H groups in total. The first-order valence-electron chi connectivity index (χ1n) is 12.2. The fourth-order valence-electron chi connectivity index (χ4n) is 3.87. The van der Waals surface area contributed by atoms with E-state index in [1.165, 1.54) is 72.8 Å². The maximum Gasteiger partial charge on any atom is 0.261 e. The molecule has 4 aromatic rings. The summed E-state index contributed by atoms with van der Waals surface area (Å²) in [4.78, 5) is 12.8. The van der Waals surface area contributed by atoms with Crippen LogP contribution in [0.3, 0.4) is 0 Å². The van der Waals surface area contributed by atoms with E-state index in [4.69, 9.17) is 0 Å². The van der Waals surface area contributed by atoms with E-state index in [1.807, 2.05) is 19.9 Å². The molecule has 0 aliphatic rings. The van der Waals surface area contributed by atoms with Gasteiger partial charge in [-0.3, -0.25) is 13.8 Å². The van der Waals surface area contributed by atoms with Crippen molar-refractivity contribution in [2.24, 2.45) is 0 Å². The third kappa shape index (κ3) is 7.04. The van der Waals surface area contributed by atoms with Gasteiger partial charge in [0.05, 0.1) is 23.4 Å². The number of amides is 1. The van der Waals surface area contributed by atoms with Crippen molar-refractivity contribution in [1.29, 1.82) is 0 Å². The number of hydrogen-bond donors (Lipinski definition) is 2. The van der Waals surface area contributed by atoms with Crippen molar-refractivity contribution in [1.82, 2.24) is 0 Å². The molecule has 0 aliphatic carbocycles. The molecule has 0 bridgehead atoms. The molecule has 208 valence electrons. The second-order valence-corrected chi connectivity index (χ2v) is 12.9. The Bertz CT molecular complexity index is 1740. The van der Waals surface area contributed by atoms with Crippen LogP contribution in [0.1, 0.15) is 27.0 Å². The van der Waals surface area contributed by atoms with Gasteiger partial charge in [0.15, 0.2) is 0 Å². The van der Waals surface area contributed by atoms with Gasteiger partial charge in [-0.25, -0.2) is 21.2 Å². The predicted octanol–water partition coefficient (Wildman–Crippen LogP) is 5.46. The fraction of sp³-hybridized carbons (Fsp3) is 0.138. The van der Waals surface area contributed by atoms with Gasteiger partial charge in [-0.05, 0) is 103 Å². The molecule has 0 aromatic heterocycles. The molecule has 0 radical (unpaired) electrons. The highest BCUT2D eigenvalue weighted by atomic mass is 32.2. The Kier molecular flexibility index (Phi) is 8.26. The molecule has 0 aliphatic heterocycles. The predicted molar refractivity (Wildman–Crippen MR) is 155 cm³/mol. The van der Waals surface area contributed by atoms with Crippen molar-refractivity contribution >= 4 is 43.0 Å². The van der Waals surface area contributed by atoms with E-state index in [9.17, 15) is 26.0 Å². The van der Waals surface area contributed by atoms with Crippen molar-refractivity contribution in [2.45, 2.75) is 25.3 Å². The van der Waals surface area contributed by atoms with Gasteiger partial charge < -0.3 is 5.32 Å². The number of nitrogens with one attached hydrogen (secondary N) is 2.